The molecule has 0 aliphatic rings. The molecule has 0 aliphatic carbocycles. The first-order valence-corrected chi connectivity index (χ1v) is 7.40. The lowest BCUT2D eigenvalue weighted by molar-refractivity contribution is 0.310. The van der Waals surface area contributed by atoms with Crippen LogP contribution in [-0.4, -0.2) is 26.2 Å². The summed E-state index contributed by atoms with van der Waals surface area (Å²) in [5.74, 6) is 2.59. The van der Waals surface area contributed by atoms with Crippen LogP contribution in [0.1, 0.15) is 32.8 Å². The highest BCUT2D eigenvalue weighted by molar-refractivity contribution is 14.0. The quantitative estimate of drug-likeness (QED) is 0.385. The topological polar surface area (TPSA) is 68.9 Å². The number of rotatable bonds is 8. The maximum Gasteiger partial charge on any atom is 0.188 e. The summed E-state index contributed by atoms with van der Waals surface area (Å²) in [5, 5.41) is 3.12. The SMILES string of the molecule is CCOc1cc(CN=C(N)NCCC(C)C)ccc1OC.I. The zero-order chi connectivity index (χ0) is 15.7. The van der Waals surface area contributed by atoms with Crippen LogP contribution in [0, 0.1) is 5.92 Å². The van der Waals surface area contributed by atoms with Crippen LogP contribution < -0.4 is 20.5 Å². The summed E-state index contributed by atoms with van der Waals surface area (Å²) in [6.45, 7) is 8.27. The Bertz CT molecular complexity index is 465. The summed E-state index contributed by atoms with van der Waals surface area (Å²) in [5.41, 5.74) is 6.88. The monoisotopic (exact) mass is 421 g/mol. The van der Waals surface area contributed by atoms with Gasteiger partial charge in [0.05, 0.1) is 20.3 Å². The van der Waals surface area contributed by atoms with Crippen molar-refractivity contribution >= 4 is 29.9 Å². The van der Waals surface area contributed by atoms with Crippen molar-refractivity contribution in [3.63, 3.8) is 0 Å². The average Bonchev–Trinajstić information content (AvgIpc) is 2.45. The minimum absolute atomic E-state index is 0. The average molecular weight is 421 g/mol. The van der Waals surface area contributed by atoms with Crippen LogP contribution in [0.3, 0.4) is 0 Å². The molecule has 1 aromatic rings. The van der Waals surface area contributed by atoms with Gasteiger partial charge < -0.3 is 20.5 Å². The summed E-state index contributed by atoms with van der Waals surface area (Å²) >= 11 is 0. The van der Waals surface area contributed by atoms with Gasteiger partial charge in [-0.15, -0.1) is 24.0 Å². The molecule has 0 aromatic heterocycles. The second-order valence-electron chi connectivity index (χ2n) is 5.23. The van der Waals surface area contributed by atoms with Crippen molar-refractivity contribution in [1.29, 1.82) is 0 Å². The summed E-state index contributed by atoms with van der Waals surface area (Å²) in [7, 11) is 1.63. The maximum atomic E-state index is 5.84. The van der Waals surface area contributed by atoms with Crippen molar-refractivity contribution in [1.82, 2.24) is 5.32 Å². The van der Waals surface area contributed by atoms with E-state index in [1.165, 1.54) is 0 Å². The van der Waals surface area contributed by atoms with Gasteiger partial charge in [0.1, 0.15) is 0 Å². The second-order valence-corrected chi connectivity index (χ2v) is 5.23. The number of nitrogens with two attached hydrogens (primary N) is 1. The van der Waals surface area contributed by atoms with Crippen LogP contribution in [0.4, 0.5) is 0 Å². The highest BCUT2D eigenvalue weighted by Gasteiger charge is 2.05. The third-order valence-corrected chi connectivity index (χ3v) is 2.99. The van der Waals surface area contributed by atoms with Crippen LogP contribution in [0.15, 0.2) is 23.2 Å². The summed E-state index contributed by atoms with van der Waals surface area (Å²) in [4.78, 5) is 4.33. The van der Waals surface area contributed by atoms with E-state index < -0.39 is 0 Å². The van der Waals surface area contributed by atoms with Crippen LogP contribution in [0.2, 0.25) is 0 Å². The number of ether oxygens (including phenoxy) is 2. The molecular weight excluding hydrogens is 393 g/mol. The molecule has 22 heavy (non-hydrogen) atoms. The maximum absolute atomic E-state index is 5.84. The largest absolute Gasteiger partial charge is 0.493 e. The van der Waals surface area contributed by atoms with Crippen LogP contribution >= 0.6 is 24.0 Å². The molecule has 0 unspecified atom stereocenters. The molecule has 0 heterocycles. The third kappa shape index (κ3) is 7.72. The normalized spacial score (nSPS) is 11.0. The van der Waals surface area contributed by atoms with Gasteiger partial charge in [-0.2, -0.15) is 0 Å². The summed E-state index contributed by atoms with van der Waals surface area (Å²) < 4.78 is 10.8. The molecule has 126 valence electrons. The van der Waals surface area contributed by atoms with E-state index in [0.717, 1.165) is 30.0 Å². The molecule has 0 fully saturated rings. The number of hydrogen-bond donors (Lipinski definition) is 2. The molecule has 6 heteroatoms. The fraction of sp³-hybridized carbons (Fsp3) is 0.562. The Labute approximate surface area is 150 Å². The number of guanidine groups is 1. The van der Waals surface area contributed by atoms with Gasteiger partial charge in [0.25, 0.3) is 0 Å². The third-order valence-electron chi connectivity index (χ3n) is 2.99. The summed E-state index contributed by atoms with van der Waals surface area (Å²) in [6, 6.07) is 5.79. The van der Waals surface area contributed by atoms with Gasteiger partial charge in [-0.3, -0.25) is 0 Å². The highest BCUT2D eigenvalue weighted by Crippen LogP contribution is 2.28. The minimum Gasteiger partial charge on any atom is -0.493 e. The minimum atomic E-state index is 0. The molecule has 0 radical (unpaired) electrons. The predicted octanol–water partition coefficient (Wildman–Crippen LogP) is 3.16. The molecule has 0 atom stereocenters. The number of nitrogens with one attached hydrogen (secondary N) is 1. The smallest absolute Gasteiger partial charge is 0.188 e. The van der Waals surface area contributed by atoms with Crippen molar-refractivity contribution in [2.75, 3.05) is 20.3 Å². The first-order chi connectivity index (χ1) is 10.1. The van der Waals surface area contributed by atoms with E-state index in [2.05, 4.69) is 24.2 Å². The number of nitrogens with zero attached hydrogens (tertiary/aromatic N) is 1. The van der Waals surface area contributed by atoms with Gasteiger partial charge in [0.15, 0.2) is 17.5 Å². The Balaban J connectivity index is 0.00000441. The lowest BCUT2D eigenvalue weighted by Gasteiger charge is -2.11. The Morgan fingerprint density at radius 1 is 1.32 bits per heavy atom. The number of aliphatic imine (C=N–C) groups is 1. The first-order valence-electron chi connectivity index (χ1n) is 7.40. The van der Waals surface area contributed by atoms with Crippen molar-refractivity contribution < 1.29 is 9.47 Å². The molecule has 0 saturated carbocycles. The highest BCUT2D eigenvalue weighted by atomic mass is 127. The van der Waals surface area contributed by atoms with E-state index in [-0.39, 0.29) is 24.0 Å². The van der Waals surface area contributed by atoms with Crippen LogP contribution in [0.5, 0.6) is 11.5 Å². The molecule has 1 aromatic carbocycles. The first kappa shape index (κ1) is 20.8. The molecule has 3 N–H and O–H groups in total. The van der Waals surface area contributed by atoms with Gasteiger partial charge in [-0.25, -0.2) is 4.99 Å². The predicted molar refractivity (Wildman–Crippen MR) is 102 cm³/mol. The summed E-state index contributed by atoms with van der Waals surface area (Å²) in [6.07, 6.45) is 1.08. The van der Waals surface area contributed by atoms with Gasteiger partial charge in [0.2, 0.25) is 0 Å². The number of hydrogen-bond acceptors (Lipinski definition) is 3. The zero-order valence-electron chi connectivity index (χ0n) is 13.9. The van der Waals surface area contributed by atoms with E-state index in [1.807, 2.05) is 25.1 Å². The number of halogens is 1. The van der Waals surface area contributed by atoms with E-state index in [1.54, 1.807) is 7.11 Å². The number of benzene rings is 1. The van der Waals surface area contributed by atoms with Crippen LogP contribution in [-0.2, 0) is 6.54 Å². The Morgan fingerprint density at radius 3 is 2.64 bits per heavy atom. The van der Waals surface area contributed by atoms with E-state index in [9.17, 15) is 0 Å². The second kappa shape index (κ2) is 11.4. The molecular formula is C16H28IN3O2. The van der Waals surface area contributed by atoms with E-state index in [4.69, 9.17) is 15.2 Å². The fourth-order valence-corrected chi connectivity index (χ4v) is 1.81. The molecule has 5 nitrogen and oxygen atoms in total. The molecule has 1 rings (SSSR count). The van der Waals surface area contributed by atoms with E-state index >= 15 is 0 Å². The van der Waals surface area contributed by atoms with Crippen molar-refractivity contribution in [2.45, 2.75) is 33.7 Å². The Morgan fingerprint density at radius 2 is 2.05 bits per heavy atom. The van der Waals surface area contributed by atoms with Crippen LogP contribution in [0.25, 0.3) is 0 Å². The Hall–Kier alpha value is -1.18. The molecule has 0 saturated heterocycles. The molecule has 0 spiro atoms. The molecule has 0 aliphatic heterocycles. The molecule has 0 bridgehead atoms. The van der Waals surface area contributed by atoms with Crippen molar-refractivity contribution in [2.24, 2.45) is 16.6 Å². The standard InChI is InChI=1S/C16H27N3O2.HI/c1-5-21-15-10-13(6-7-14(15)20-4)11-19-16(17)18-9-8-12(2)3;/h6-7,10,12H,5,8-9,11H2,1-4H3,(H3,17,18,19);1H. The van der Waals surface area contributed by atoms with Gasteiger partial charge in [-0.05, 0) is 37.0 Å². The number of methoxy groups -OCH3 is 1. The Kier molecular flexibility index (Phi) is 10.8. The van der Waals surface area contributed by atoms with Crippen molar-refractivity contribution in [3.8, 4) is 11.5 Å². The lowest BCUT2D eigenvalue weighted by atomic mass is 10.1. The zero-order valence-corrected chi connectivity index (χ0v) is 16.2. The van der Waals surface area contributed by atoms with Gasteiger partial charge >= 0.3 is 0 Å². The molecule has 0 amide bonds. The van der Waals surface area contributed by atoms with Crippen molar-refractivity contribution in [3.05, 3.63) is 23.8 Å². The van der Waals surface area contributed by atoms with Gasteiger partial charge in [0, 0.05) is 6.54 Å². The van der Waals surface area contributed by atoms with Gasteiger partial charge in [-0.1, -0.05) is 19.9 Å². The fourth-order valence-electron chi connectivity index (χ4n) is 1.81. The van der Waals surface area contributed by atoms with E-state index in [0.29, 0.717) is 25.0 Å². The lowest BCUT2D eigenvalue weighted by Crippen LogP contribution is -2.32.